The second-order valence-electron chi connectivity index (χ2n) is 6.26. The van der Waals surface area contributed by atoms with Gasteiger partial charge in [0.25, 0.3) is 5.91 Å². The molecule has 1 heterocycles. The summed E-state index contributed by atoms with van der Waals surface area (Å²) in [6.07, 6.45) is 3.31. The molecule has 1 amide bonds. The maximum absolute atomic E-state index is 13.2. The van der Waals surface area contributed by atoms with E-state index in [-0.39, 0.29) is 6.54 Å². The van der Waals surface area contributed by atoms with Crippen LogP contribution >= 0.6 is 0 Å². The molecule has 0 radical (unpaired) electrons. The highest BCUT2D eigenvalue weighted by Gasteiger charge is 2.49. The molecule has 8 heteroatoms. The highest BCUT2D eigenvalue weighted by atomic mass is 19.1. The number of benzene rings is 1. The molecule has 2 aromatic rings. The number of amides is 1. The number of nitrogens with zero attached hydrogens (tertiary/aromatic N) is 1. The second kappa shape index (κ2) is 8.10. The van der Waals surface area contributed by atoms with Crippen molar-refractivity contribution in [3.8, 4) is 11.8 Å². The first kappa shape index (κ1) is 19.6. The molecule has 0 fully saturated rings. The zero-order chi connectivity index (χ0) is 19.2. The number of H-pyrrole nitrogens is 1. The Balaban J connectivity index is 2.09. The van der Waals surface area contributed by atoms with Gasteiger partial charge in [0.1, 0.15) is 17.8 Å². The van der Waals surface area contributed by atoms with Crippen LogP contribution in [0.15, 0.2) is 36.7 Å². The average Bonchev–Trinajstić information content (AvgIpc) is 3.18. The van der Waals surface area contributed by atoms with E-state index in [1.807, 2.05) is 0 Å². The number of aromatic amines is 1. The van der Waals surface area contributed by atoms with E-state index in [0.29, 0.717) is 0 Å². The normalized spacial score (nSPS) is 15.3. The molecule has 0 spiro atoms. The van der Waals surface area contributed by atoms with E-state index in [2.05, 4.69) is 27.4 Å². The molecular formula is C18H21FN4O3. The molecular weight excluding hydrogens is 339 g/mol. The molecule has 138 valence electrons. The summed E-state index contributed by atoms with van der Waals surface area (Å²) in [4.78, 5) is 11.9. The van der Waals surface area contributed by atoms with Gasteiger partial charge in [-0.2, -0.15) is 5.10 Å². The third-order valence-corrected chi connectivity index (χ3v) is 4.34. The lowest BCUT2D eigenvalue weighted by molar-refractivity contribution is -0.148. The van der Waals surface area contributed by atoms with Gasteiger partial charge in [-0.15, -0.1) is 0 Å². The van der Waals surface area contributed by atoms with Crippen molar-refractivity contribution < 1.29 is 19.5 Å². The third kappa shape index (κ3) is 4.26. The number of carbonyl (C=O) groups is 1. The van der Waals surface area contributed by atoms with Gasteiger partial charge >= 0.3 is 0 Å². The number of hydroxylamine groups is 1. The first-order chi connectivity index (χ1) is 12.3. The number of carbonyl (C=O) groups excluding carboxylic acids is 1. The van der Waals surface area contributed by atoms with Crippen molar-refractivity contribution in [2.24, 2.45) is 0 Å². The van der Waals surface area contributed by atoms with Crippen LogP contribution in [0.5, 0.6) is 0 Å². The van der Waals surface area contributed by atoms with Gasteiger partial charge in [0.05, 0.1) is 11.8 Å². The van der Waals surface area contributed by atoms with E-state index < -0.39 is 23.7 Å². The highest BCUT2D eigenvalue weighted by molar-refractivity contribution is 5.86. The van der Waals surface area contributed by atoms with Crippen molar-refractivity contribution in [3.05, 3.63) is 53.3 Å². The summed E-state index contributed by atoms with van der Waals surface area (Å²) in [5.41, 5.74) is 0.100. The summed E-state index contributed by atoms with van der Waals surface area (Å²) in [7, 11) is 0. The molecule has 5 N–H and O–H groups in total. The van der Waals surface area contributed by atoms with Gasteiger partial charge in [0.2, 0.25) is 0 Å². The van der Waals surface area contributed by atoms with Gasteiger partial charge in [-0.05, 0) is 31.5 Å². The Hall–Kier alpha value is -2.73. The number of halogens is 1. The van der Waals surface area contributed by atoms with Crippen molar-refractivity contribution in [1.29, 1.82) is 0 Å². The number of rotatable bonds is 6. The fourth-order valence-electron chi connectivity index (χ4n) is 2.21. The number of aromatic nitrogens is 2. The van der Waals surface area contributed by atoms with Gasteiger partial charge in [0, 0.05) is 18.3 Å². The first-order valence-electron chi connectivity index (χ1n) is 7.90. The second-order valence-corrected chi connectivity index (χ2v) is 6.26. The molecule has 0 aliphatic heterocycles. The van der Waals surface area contributed by atoms with Crippen LogP contribution < -0.4 is 10.8 Å². The predicted molar refractivity (Wildman–Crippen MR) is 92.8 cm³/mol. The summed E-state index contributed by atoms with van der Waals surface area (Å²) in [6.45, 7) is 1.52. The van der Waals surface area contributed by atoms with Crippen LogP contribution in [0, 0.1) is 11.8 Å². The molecule has 2 rings (SSSR count). The monoisotopic (exact) mass is 360 g/mol. The summed E-state index contributed by atoms with van der Waals surface area (Å²) < 4.78 is 13.2. The largest absolute Gasteiger partial charge is 0.385 e. The van der Waals surface area contributed by atoms with E-state index in [4.69, 9.17) is 5.21 Å². The van der Waals surface area contributed by atoms with E-state index >= 15 is 0 Å². The van der Waals surface area contributed by atoms with Crippen molar-refractivity contribution in [3.63, 3.8) is 0 Å². The number of alkyl halides is 1. The maximum Gasteiger partial charge on any atom is 0.266 e. The molecule has 1 aromatic heterocycles. The van der Waals surface area contributed by atoms with Crippen LogP contribution in [0.2, 0.25) is 0 Å². The van der Waals surface area contributed by atoms with Crippen molar-refractivity contribution in [1.82, 2.24) is 21.0 Å². The Bertz CT molecular complexity index is 794. The maximum atomic E-state index is 13.2. The standard InChI is InChI=1S/C18H21FN4O3/c1-17(25,12-19)18(2,16(24)23-26)20-9-14-6-3-13(4-7-14)5-8-15-10-21-22-11-15/h3-4,6-7,10-11,20,25-26H,9,12H2,1-2H3,(H,21,22)(H,23,24)/t17-,18?/m1/s1. The summed E-state index contributed by atoms with van der Waals surface area (Å²) in [6, 6.07) is 7.21. The average molecular weight is 360 g/mol. The Morgan fingerprint density at radius 1 is 1.27 bits per heavy atom. The predicted octanol–water partition coefficient (Wildman–Crippen LogP) is 0.884. The summed E-state index contributed by atoms with van der Waals surface area (Å²) in [5.74, 6) is 5.01. The number of hydrogen-bond donors (Lipinski definition) is 5. The summed E-state index contributed by atoms with van der Waals surface area (Å²) >= 11 is 0. The Morgan fingerprint density at radius 3 is 2.46 bits per heavy atom. The van der Waals surface area contributed by atoms with E-state index in [1.165, 1.54) is 19.3 Å². The van der Waals surface area contributed by atoms with Crippen LogP contribution in [0.1, 0.15) is 30.5 Å². The highest BCUT2D eigenvalue weighted by Crippen LogP contribution is 2.24. The SMILES string of the molecule is CC(NCc1ccc(C#Cc2cn[nH]c2)cc1)(C(=O)NO)[C@](C)(O)CF. The Morgan fingerprint density at radius 2 is 1.92 bits per heavy atom. The number of hydrogen-bond acceptors (Lipinski definition) is 5. The minimum atomic E-state index is -2.00. The third-order valence-electron chi connectivity index (χ3n) is 4.34. The zero-order valence-electron chi connectivity index (χ0n) is 14.5. The quantitative estimate of drug-likeness (QED) is 0.298. The lowest BCUT2D eigenvalue weighted by Gasteiger charge is -2.39. The van der Waals surface area contributed by atoms with Gasteiger partial charge < -0.3 is 5.11 Å². The summed E-state index contributed by atoms with van der Waals surface area (Å²) in [5, 5.41) is 28.4. The smallest absolute Gasteiger partial charge is 0.266 e. The molecule has 0 saturated carbocycles. The fraction of sp³-hybridized carbons (Fsp3) is 0.333. The minimum absolute atomic E-state index is 0.176. The Labute approximate surface area is 150 Å². The molecule has 0 aliphatic rings. The number of nitrogens with one attached hydrogen (secondary N) is 3. The molecule has 0 bridgehead atoms. The van der Waals surface area contributed by atoms with Crippen LogP contribution in [0.3, 0.4) is 0 Å². The van der Waals surface area contributed by atoms with Crippen molar-refractivity contribution in [2.45, 2.75) is 31.5 Å². The molecule has 1 unspecified atom stereocenters. The fourth-order valence-corrected chi connectivity index (χ4v) is 2.21. The molecule has 0 saturated heterocycles. The molecule has 1 aromatic carbocycles. The lowest BCUT2D eigenvalue weighted by Crippen LogP contribution is -2.68. The van der Waals surface area contributed by atoms with Crippen LogP contribution in [0.25, 0.3) is 0 Å². The van der Waals surface area contributed by atoms with E-state index in [9.17, 15) is 14.3 Å². The van der Waals surface area contributed by atoms with E-state index in [1.54, 1.807) is 36.7 Å². The van der Waals surface area contributed by atoms with Gasteiger partial charge in [-0.25, -0.2) is 9.87 Å². The molecule has 26 heavy (non-hydrogen) atoms. The number of aliphatic hydroxyl groups is 1. The topological polar surface area (TPSA) is 110 Å². The lowest BCUT2D eigenvalue weighted by atomic mass is 9.82. The molecule has 2 atom stereocenters. The minimum Gasteiger partial charge on any atom is -0.385 e. The molecule has 7 nitrogen and oxygen atoms in total. The van der Waals surface area contributed by atoms with Gasteiger partial charge in [0.15, 0.2) is 0 Å². The van der Waals surface area contributed by atoms with Gasteiger partial charge in [-0.1, -0.05) is 24.0 Å². The van der Waals surface area contributed by atoms with Crippen molar-refractivity contribution >= 4 is 5.91 Å². The van der Waals surface area contributed by atoms with Gasteiger partial charge in [-0.3, -0.25) is 20.4 Å². The zero-order valence-corrected chi connectivity index (χ0v) is 14.5. The van der Waals surface area contributed by atoms with Crippen molar-refractivity contribution in [2.75, 3.05) is 6.67 Å². The Kier molecular flexibility index (Phi) is 6.10. The van der Waals surface area contributed by atoms with E-state index in [0.717, 1.165) is 16.7 Å². The first-order valence-corrected chi connectivity index (χ1v) is 7.90. The molecule has 0 aliphatic carbocycles. The van der Waals surface area contributed by atoms with Crippen LogP contribution in [0.4, 0.5) is 4.39 Å². The van der Waals surface area contributed by atoms with Crippen LogP contribution in [-0.4, -0.2) is 44.2 Å². The van der Waals surface area contributed by atoms with Crippen LogP contribution in [-0.2, 0) is 11.3 Å².